The van der Waals surface area contributed by atoms with Crippen molar-refractivity contribution in [2.45, 2.75) is 6.04 Å². The second-order valence-electron chi connectivity index (χ2n) is 6.58. The number of β-amino-alcohol motifs (C(OH)–C–C–N with tert-alkyl or cyclic N) is 1. The molecule has 142 valence electrons. The molecular weight excluding hydrogens is 356 g/mol. The fourth-order valence-electron chi connectivity index (χ4n) is 3.52. The van der Waals surface area contributed by atoms with Crippen molar-refractivity contribution < 1.29 is 5.11 Å². The molecule has 1 aromatic heterocycles. The summed E-state index contributed by atoms with van der Waals surface area (Å²) in [6, 6.07) is 19.0. The molecule has 2 aromatic carbocycles. The van der Waals surface area contributed by atoms with Gasteiger partial charge in [-0.15, -0.1) is 0 Å². The molecule has 2 heterocycles. The predicted octanol–water partition coefficient (Wildman–Crippen LogP) is 1.75. The predicted molar refractivity (Wildman–Crippen MR) is 109 cm³/mol. The number of anilines is 1. The molecule has 1 aliphatic heterocycles. The summed E-state index contributed by atoms with van der Waals surface area (Å²) >= 11 is 0. The summed E-state index contributed by atoms with van der Waals surface area (Å²) in [5, 5.41) is 9.70. The third kappa shape index (κ3) is 2.95. The lowest BCUT2D eigenvalue weighted by Crippen LogP contribution is -2.44. The Morgan fingerprint density at radius 1 is 1.04 bits per heavy atom. The van der Waals surface area contributed by atoms with Crippen LogP contribution in [0.25, 0.3) is 0 Å². The minimum absolute atomic E-state index is 0.137. The zero-order valence-electron chi connectivity index (χ0n) is 15.4. The van der Waals surface area contributed by atoms with Crippen molar-refractivity contribution >= 4 is 17.2 Å². The number of aliphatic hydroxyl groups excluding tert-OH is 1. The maximum Gasteiger partial charge on any atom is 0.329 e. The molecule has 0 amide bonds. The van der Waals surface area contributed by atoms with E-state index in [1.165, 1.54) is 7.05 Å². The molecule has 0 radical (unpaired) electrons. The van der Waals surface area contributed by atoms with Gasteiger partial charge < -0.3 is 10.0 Å². The monoisotopic (exact) mass is 376 g/mol. The van der Waals surface area contributed by atoms with Crippen LogP contribution in [0.15, 0.2) is 75.2 Å². The second kappa shape index (κ2) is 7.28. The average molecular weight is 376 g/mol. The molecule has 0 fully saturated rings. The minimum Gasteiger partial charge on any atom is -0.395 e. The van der Waals surface area contributed by atoms with Crippen molar-refractivity contribution in [3.8, 4) is 0 Å². The van der Waals surface area contributed by atoms with Crippen molar-refractivity contribution in [3.63, 3.8) is 0 Å². The van der Waals surface area contributed by atoms with Gasteiger partial charge in [0.2, 0.25) is 0 Å². The summed E-state index contributed by atoms with van der Waals surface area (Å²) in [4.78, 5) is 34.3. The van der Waals surface area contributed by atoms with E-state index < -0.39 is 11.2 Å². The molecule has 0 bridgehead atoms. The molecule has 2 N–H and O–H groups in total. The largest absolute Gasteiger partial charge is 0.395 e. The van der Waals surface area contributed by atoms with E-state index in [4.69, 9.17) is 4.99 Å². The van der Waals surface area contributed by atoms with E-state index in [2.05, 4.69) is 4.98 Å². The number of aromatic amines is 1. The molecule has 7 heteroatoms. The first-order chi connectivity index (χ1) is 13.6. The lowest BCUT2D eigenvalue weighted by molar-refractivity contribution is 0.300. The van der Waals surface area contributed by atoms with Crippen molar-refractivity contribution in [3.05, 3.63) is 92.6 Å². The third-order valence-corrected chi connectivity index (χ3v) is 4.88. The summed E-state index contributed by atoms with van der Waals surface area (Å²) in [5.41, 5.74) is 1.70. The Morgan fingerprint density at radius 3 is 2.32 bits per heavy atom. The molecule has 1 atom stereocenters. The van der Waals surface area contributed by atoms with E-state index in [1.807, 2.05) is 65.6 Å². The molecule has 28 heavy (non-hydrogen) atoms. The SMILES string of the molecule is Cn1c(=O)[nH]c2c(c1=O)N=C(c1ccccc1)C(c1ccccc1)N2CCO. The fraction of sp³-hybridized carbons (Fsp3) is 0.190. The number of nitrogens with one attached hydrogen (secondary N) is 1. The Bertz CT molecular complexity index is 1130. The zero-order valence-corrected chi connectivity index (χ0v) is 15.4. The number of aliphatic hydroxyl groups is 1. The molecule has 1 aliphatic rings. The highest BCUT2D eigenvalue weighted by Crippen LogP contribution is 2.38. The quantitative estimate of drug-likeness (QED) is 0.726. The number of fused-ring (bicyclic) bond motifs is 1. The molecule has 1 unspecified atom stereocenters. The molecule has 4 rings (SSSR count). The van der Waals surface area contributed by atoms with E-state index >= 15 is 0 Å². The van der Waals surface area contributed by atoms with Crippen LogP contribution < -0.4 is 16.1 Å². The number of aliphatic imine (C=N–C) groups is 1. The van der Waals surface area contributed by atoms with Crippen molar-refractivity contribution in [1.82, 2.24) is 9.55 Å². The highest BCUT2D eigenvalue weighted by atomic mass is 16.3. The molecule has 0 spiro atoms. The van der Waals surface area contributed by atoms with E-state index in [9.17, 15) is 14.7 Å². The standard InChI is InChI=1S/C21H20N4O3/c1-24-20(27)17-19(23-21(24)28)25(12-13-26)18(15-10-6-3-7-11-15)16(22-17)14-8-4-2-5-9-14/h2-11,18,26H,12-13H2,1H3,(H,23,28). The van der Waals surface area contributed by atoms with Gasteiger partial charge in [-0.05, 0) is 11.1 Å². The average Bonchev–Trinajstić information content (AvgIpc) is 2.74. The van der Waals surface area contributed by atoms with Crippen LogP contribution >= 0.6 is 0 Å². The van der Waals surface area contributed by atoms with Gasteiger partial charge in [-0.3, -0.25) is 14.3 Å². The van der Waals surface area contributed by atoms with E-state index in [1.54, 1.807) is 0 Å². The van der Waals surface area contributed by atoms with Gasteiger partial charge in [0.25, 0.3) is 5.56 Å². The summed E-state index contributed by atoms with van der Waals surface area (Å²) in [5.74, 6) is 0.329. The normalized spacial score (nSPS) is 15.9. The molecule has 0 saturated heterocycles. The number of H-pyrrole nitrogens is 1. The number of hydrogen-bond acceptors (Lipinski definition) is 5. The first kappa shape index (κ1) is 17.9. The highest BCUT2D eigenvalue weighted by molar-refractivity contribution is 6.10. The van der Waals surface area contributed by atoms with Gasteiger partial charge in [-0.25, -0.2) is 9.79 Å². The topological polar surface area (TPSA) is 90.7 Å². The Morgan fingerprint density at radius 2 is 1.68 bits per heavy atom. The van der Waals surface area contributed by atoms with Crippen molar-refractivity contribution in [1.29, 1.82) is 0 Å². The van der Waals surface area contributed by atoms with Crippen molar-refractivity contribution in [2.75, 3.05) is 18.1 Å². The van der Waals surface area contributed by atoms with Crippen LogP contribution in [0.2, 0.25) is 0 Å². The first-order valence-corrected chi connectivity index (χ1v) is 9.01. The lowest BCUT2D eigenvalue weighted by Gasteiger charge is -2.37. The van der Waals surface area contributed by atoms with Gasteiger partial charge in [0.1, 0.15) is 5.82 Å². The zero-order chi connectivity index (χ0) is 19.7. The van der Waals surface area contributed by atoms with Crippen molar-refractivity contribution in [2.24, 2.45) is 12.0 Å². The Hall–Kier alpha value is -3.45. The van der Waals surface area contributed by atoms with Crippen LogP contribution in [0.1, 0.15) is 17.2 Å². The van der Waals surface area contributed by atoms with Gasteiger partial charge >= 0.3 is 5.69 Å². The molecule has 0 aliphatic carbocycles. The van der Waals surface area contributed by atoms with Gasteiger partial charge in [-0.1, -0.05) is 60.7 Å². The minimum atomic E-state index is -0.517. The van der Waals surface area contributed by atoms with Crippen LogP contribution in [-0.2, 0) is 7.05 Å². The highest BCUT2D eigenvalue weighted by Gasteiger charge is 2.34. The smallest absolute Gasteiger partial charge is 0.329 e. The van der Waals surface area contributed by atoms with E-state index in [-0.39, 0.29) is 24.9 Å². The Labute approximate surface area is 161 Å². The van der Waals surface area contributed by atoms with E-state index in [0.717, 1.165) is 15.7 Å². The summed E-state index contributed by atoms with van der Waals surface area (Å²) in [6.45, 7) is 0.101. The molecule has 7 nitrogen and oxygen atoms in total. The van der Waals surface area contributed by atoms with Gasteiger partial charge in [0.15, 0.2) is 5.69 Å². The van der Waals surface area contributed by atoms with Crippen LogP contribution in [0.4, 0.5) is 11.5 Å². The van der Waals surface area contributed by atoms with Crippen LogP contribution in [0.3, 0.4) is 0 Å². The Kier molecular flexibility index (Phi) is 4.67. The van der Waals surface area contributed by atoms with Gasteiger partial charge in [0, 0.05) is 13.6 Å². The van der Waals surface area contributed by atoms with Crippen LogP contribution in [0.5, 0.6) is 0 Å². The maximum absolute atomic E-state index is 12.8. The Balaban J connectivity index is 2.04. The second-order valence-corrected chi connectivity index (χ2v) is 6.58. The number of rotatable bonds is 4. The number of hydrogen-bond donors (Lipinski definition) is 2. The summed E-state index contributed by atoms with van der Waals surface area (Å²) in [6.07, 6.45) is 0. The van der Waals surface area contributed by atoms with Crippen LogP contribution in [0, 0.1) is 0 Å². The molecule has 0 saturated carbocycles. The fourth-order valence-corrected chi connectivity index (χ4v) is 3.52. The number of aromatic nitrogens is 2. The number of benzene rings is 2. The van der Waals surface area contributed by atoms with Crippen LogP contribution in [-0.4, -0.2) is 33.5 Å². The summed E-state index contributed by atoms with van der Waals surface area (Å²) in [7, 11) is 1.42. The lowest BCUT2D eigenvalue weighted by atomic mass is 9.93. The van der Waals surface area contributed by atoms with Gasteiger partial charge in [-0.2, -0.15) is 0 Å². The molecule has 3 aromatic rings. The number of nitrogens with zero attached hydrogens (tertiary/aromatic N) is 3. The van der Waals surface area contributed by atoms with E-state index in [0.29, 0.717) is 11.5 Å². The molecular formula is C21H20N4O3. The summed E-state index contributed by atoms with van der Waals surface area (Å²) < 4.78 is 1.00. The first-order valence-electron chi connectivity index (χ1n) is 9.01. The maximum atomic E-state index is 12.8. The third-order valence-electron chi connectivity index (χ3n) is 4.88. The van der Waals surface area contributed by atoms with Gasteiger partial charge in [0.05, 0.1) is 18.4 Å².